The number of nitrogens with one attached hydrogen (secondary N) is 1. The molecule has 0 bridgehead atoms. The molecule has 0 radical (unpaired) electrons. The summed E-state index contributed by atoms with van der Waals surface area (Å²) >= 11 is 0. The van der Waals surface area contributed by atoms with Gasteiger partial charge < -0.3 is 19.2 Å². The van der Waals surface area contributed by atoms with Gasteiger partial charge in [0.15, 0.2) is 11.5 Å². The van der Waals surface area contributed by atoms with Crippen LogP contribution in [0.3, 0.4) is 0 Å². The highest BCUT2D eigenvalue weighted by molar-refractivity contribution is 7.89. The molecule has 0 aliphatic carbocycles. The molecule has 0 atom stereocenters. The minimum Gasteiger partial charge on any atom is -0.493 e. The summed E-state index contributed by atoms with van der Waals surface area (Å²) < 4.78 is 38.6. The lowest BCUT2D eigenvalue weighted by atomic mass is 10.2. The first kappa shape index (κ1) is 24.2. The molecular formula is C24H24N4O6S. The molecule has 0 saturated carbocycles. The summed E-state index contributed by atoms with van der Waals surface area (Å²) in [6.45, 7) is 0.210. The molecule has 10 nitrogen and oxygen atoms in total. The summed E-state index contributed by atoms with van der Waals surface area (Å²) in [6, 6.07) is 16.3. The predicted octanol–water partition coefficient (Wildman–Crippen LogP) is 3.36. The van der Waals surface area contributed by atoms with Crippen molar-refractivity contribution < 1.29 is 27.5 Å². The molecule has 11 heteroatoms. The summed E-state index contributed by atoms with van der Waals surface area (Å²) in [5, 5.41) is 2.78. The van der Waals surface area contributed by atoms with Crippen molar-refractivity contribution >= 4 is 27.3 Å². The first-order chi connectivity index (χ1) is 16.8. The van der Waals surface area contributed by atoms with E-state index in [1.807, 2.05) is 35.0 Å². The van der Waals surface area contributed by atoms with Crippen LogP contribution in [0.4, 0.5) is 5.69 Å². The fraction of sp³-hybridized carbons (Fsp3) is 0.167. The van der Waals surface area contributed by atoms with E-state index in [0.29, 0.717) is 17.2 Å². The van der Waals surface area contributed by atoms with E-state index in [9.17, 15) is 13.2 Å². The maximum absolute atomic E-state index is 12.7. The van der Waals surface area contributed by atoms with Crippen LogP contribution in [0.25, 0.3) is 5.65 Å². The average Bonchev–Trinajstić information content (AvgIpc) is 3.30. The van der Waals surface area contributed by atoms with E-state index < -0.39 is 15.9 Å². The molecule has 2 aromatic heterocycles. The van der Waals surface area contributed by atoms with Gasteiger partial charge in [-0.1, -0.05) is 10.5 Å². The molecule has 0 aliphatic heterocycles. The number of methoxy groups -OCH3 is 1. The van der Waals surface area contributed by atoms with E-state index >= 15 is 0 Å². The molecule has 0 spiro atoms. The molecule has 0 aliphatic rings. The fourth-order valence-electron chi connectivity index (χ4n) is 3.30. The quantitative estimate of drug-likeness (QED) is 0.354. The molecule has 0 fully saturated rings. The summed E-state index contributed by atoms with van der Waals surface area (Å²) in [4.78, 5) is 22.0. The van der Waals surface area contributed by atoms with Gasteiger partial charge in [0.05, 0.1) is 24.8 Å². The van der Waals surface area contributed by atoms with Gasteiger partial charge in [0.2, 0.25) is 0 Å². The monoisotopic (exact) mass is 496 g/mol. The van der Waals surface area contributed by atoms with Crippen molar-refractivity contribution in [2.75, 3.05) is 26.6 Å². The van der Waals surface area contributed by atoms with Crippen LogP contribution in [-0.4, -0.2) is 49.4 Å². The molecule has 1 amide bonds. The summed E-state index contributed by atoms with van der Waals surface area (Å²) in [7, 11) is 0.270. The summed E-state index contributed by atoms with van der Waals surface area (Å²) in [5.74, 6) is 0.528. The van der Waals surface area contributed by atoms with Crippen LogP contribution in [0.2, 0.25) is 0 Å². The average molecular weight is 497 g/mol. The largest absolute Gasteiger partial charge is 0.493 e. The SMILES string of the molecule is COc1ccc(NC(=O)c2ccc(S(=O)(=O)N(C)OC)cc2)cc1OCc1cn2ccccc2n1. The van der Waals surface area contributed by atoms with Crippen LogP contribution >= 0.6 is 0 Å². The Bertz CT molecular complexity index is 1420. The Morgan fingerprint density at radius 2 is 1.83 bits per heavy atom. The smallest absolute Gasteiger partial charge is 0.264 e. The van der Waals surface area contributed by atoms with Crippen molar-refractivity contribution in [2.24, 2.45) is 0 Å². The number of rotatable bonds is 9. The third-order valence-electron chi connectivity index (χ3n) is 5.22. The molecule has 4 rings (SSSR count). The number of sulfonamides is 1. The molecule has 4 aromatic rings. The van der Waals surface area contributed by atoms with Crippen molar-refractivity contribution in [3.05, 3.63) is 84.3 Å². The number of hydrogen-bond donors (Lipinski definition) is 1. The topological polar surface area (TPSA) is 111 Å². The lowest BCUT2D eigenvalue weighted by Crippen LogP contribution is -2.25. The number of anilines is 1. The van der Waals surface area contributed by atoms with Gasteiger partial charge in [-0.05, 0) is 48.5 Å². The second-order valence-corrected chi connectivity index (χ2v) is 9.36. The lowest BCUT2D eigenvalue weighted by Gasteiger charge is -2.14. The number of imidazole rings is 1. The number of hydrogen-bond acceptors (Lipinski definition) is 7. The van der Waals surface area contributed by atoms with Crippen LogP contribution in [0.1, 0.15) is 16.1 Å². The molecular weight excluding hydrogens is 472 g/mol. The zero-order valence-corrected chi connectivity index (χ0v) is 20.2. The number of ether oxygens (including phenoxy) is 2. The third kappa shape index (κ3) is 5.27. The Balaban J connectivity index is 1.47. The molecule has 0 unspecified atom stereocenters. The van der Waals surface area contributed by atoms with Gasteiger partial charge in [0.25, 0.3) is 15.9 Å². The standard InChI is InChI=1S/C24H24N4O6S/c1-27(33-3)35(30,31)20-10-7-17(8-11-20)24(29)26-18-9-12-21(32-2)22(14-18)34-16-19-15-28-13-5-4-6-23(28)25-19/h4-15H,16H2,1-3H3,(H,26,29). The van der Waals surface area contributed by atoms with Crippen LogP contribution in [0, 0.1) is 0 Å². The van der Waals surface area contributed by atoms with Gasteiger partial charge in [-0.3, -0.25) is 9.63 Å². The zero-order chi connectivity index (χ0) is 25.0. The number of amides is 1. The third-order valence-corrected chi connectivity index (χ3v) is 6.91. The van der Waals surface area contributed by atoms with Gasteiger partial charge in [-0.25, -0.2) is 13.4 Å². The highest BCUT2D eigenvalue weighted by Gasteiger charge is 2.21. The number of benzene rings is 2. The van der Waals surface area contributed by atoms with Crippen molar-refractivity contribution in [2.45, 2.75) is 11.5 Å². The maximum Gasteiger partial charge on any atom is 0.264 e. The number of hydroxylamine groups is 1. The van der Waals surface area contributed by atoms with Gasteiger partial charge in [-0.2, -0.15) is 0 Å². The second-order valence-electron chi connectivity index (χ2n) is 7.43. The Labute approximate surface area is 202 Å². The number of carbonyl (C=O) groups excluding carboxylic acids is 1. The van der Waals surface area contributed by atoms with Crippen LogP contribution < -0.4 is 14.8 Å². The maximum atomic E-state index is 12.7. The number of nitrogens with zero attached hydrogens (tertiary/aromatic N) is 3. The molecule has 1 N–H and O–H groups in total. The van der Waals surface area contributed by atoms with E-state index in [0.717, 1.165) is 15.8 Å². The first-order valence-electron chi connectivity index (χ1n) is 10.5. The van der Waals surface area contributed by atoms with Crippen LogP contribution in [0.5, 0.6) is 11.5 Å². The minimum absolute atomic E-state index is 0.00507. The molecule has 0 saturated heterocycles. The van der Waals surface area contributed by atoms with E-state index in [1.54, 1.807) is 18.2 Å². The summed E-state index contributed by atoms with van der Waals surface area (Å²) in [6.07, 6.45) is 3.78. The molecule has 2 aromatic carbocycles. The zero-order valence-electron chi connectivity index (χ0n) is 19.3. The Hall–Kier alpha value is -3.93. The van der Waals surface area contributed by atoms with Gasteiger partial charge in [0.1, 0.15) is 12.3 Å². The molecule has 35 heavy (non-hydrogen) atoms. The fourth-order valence-corrected chi connectivity index (χ4v) is 4.28. The molecule has 2 heterocycles. The number of carbonyl (C=O) groups is 1. The number of fused-ring (bicyclic) bond motifs is 1. The predicted molar refractivity (Wildman–Crippen MR) is 129 cm³/mol. The van der Waals surface area contributed by atoms with E-state index in [4.69, 9.17) is 14.3 Å². The van der Waals surface area contributed by atoms with Gasteiger partial charge in [-0.15, -0.1) is 0 Å². The van der Waals surface area contributed by atoms with E-state index in [2.05, 4.69) is 10.3 Å². The van der Waals surface area contributed by atoms with Crippen molar-refractivity contribution in [1.82, 2.24) is 13.9 Å². The Morgan fingerprint density at radius 3 is 2.51 bits per heavy atom. The molecule has 182 valence electrons. The number of aromatic nitrogens is 2. The van der Waals surface area contributed by atoms with Crippen LogP contribution in [0.15, 0.2) is 78.0 Å². The highest BCUT2D eigenvalue weighted by atomic mass is 32.2. The van der Waals surface area contributed by atoms with E-state index in [1.165, 1.54) is 45.5 Å². The second kappa shape index (κ2) is 10.1. The van der Waals surface area contributed by atoms with Crippen LogP contribution in [-0.2, 0) is 21.5 Å². The first-order valence-corrected chi connectivity index (χ1v) is 11.9. The number of pyridine rings is 1. The normalized spacial score (nSPS) is 11.5. The Kier molecular flexibility index (Phi) is 7.01. The van der Waals surface area contributed by atoms with Crippen molar-refractivity contribution in [3.63, 3.8) is 0 Å². The minimum atomic E-state index is -3.80. The van der Waals surface area contributed by atoms with Gasteiger partial charge in [0, 0.05) is 36.8 Å². The van der Waals surface area contributed by atoms with Crippen molar-refractivity contribution in [3.8, 4) is 11.5 Å². The lowest BCUT2D eigenvalue weighted by molar-refractivity contribution is -0.0258. The van der Waals surface area contributed by atoms with Crippen molar-refractivity contribution in [1.29, 1.82) is 0 Å². The Morgan fingerprint density at radius 1 is 1.06 bits per heavy atom. The highest BCUT2D eigenvalue weighted by Crippen LogP contribution is 2.31. The summed E-state index contributed by atoms with van der Waals surface area (Å²) in [5.41, 5.74) is 2.32. The van der Waals surface area contributed by atoms with E-state index in [-0.39, 0.29) is 17.1 Å². The van der Waals surface area contributed by atoms with Gasteiger partial charge >= 0.3 is 0 Å².